The van der Waals surface area contributed by atoms with Gasteiger partial charge in [0.25, 0.3) is 0 Å². The van der Waals surface area contributed by atoms with Gasteiger partial charge < -0.3 is 10.8 Å². The van der Waals surface area contributed by atoms with Crippen LogP contribution in [0.1, 0.15) is 11.1 Å². The van der Waals surface area contributed by atoms with Crippen molar-refractivity contribution in [3.8, 4) is 5.75 Å². The summed E-state index contributed by atoms with van der Waals surface area (Å²) in [6.07, 6.45) is 1.04. The molecule has 1 aromatic rings. The molecule has 2 atom stereocenters. The normalized spacial score (nSPS) is 11.2. The molecule has 1 rings (SSSR count). The fraction of sp³-hybridized carbons (Fsp3) is 0.250. The molecule has 0 heterocycles. The van der Waals surface area contributed by atoms with Gasteiger partial charge in [-0.15, -0.1) is 8.93 Å². The Kier molecular flexibility index (Phi) is 3.94. The van der Waals surface area contributed by atoms with Crippen molar-refractivity contribution >= 4 is 17.2 Å². The van der Waals surface area contributed by atoms with E-state index in [-0.39, 0.29) is 0 Å². The Labute approximate surface area is 76.4 Å². The molecule has 0 saturated heterocycles. The summed E-state index contributed by atoms with van der Waals surface area (Å²) in [4.78, 5) is 0. The van der Waals surface area contributed by atoms with Crippen molar-refractivity contribution in [2.75, 3.05) is 0 Å². The van der Waals surface area contributed by atoms with Crippen molar-refractivity contribution in [3.05, 3.63) is 29.3 Å². The molecule has 12 heavy (non-hydrogen) atoms. The van der Waals surface area contributed by atoms with Gasteiger partial charge in [-0.3, -0.25) is 0 Å². The average molecular weight is 201 g/mol. The van der Waals surface area contributed by atoms with E-state index in [4.69, 9.17) is 5.73 Å². The number of nitrogens with two attached hydrogens (primary N) is 1. The number of hydrogen-bond donors (Lipinski definition) is 2. The Morgan fingerprint density at radius 1 is 1.50 bits per heavy atom. The monoisotopic (exact) mass is 201 g/mol. The molecule has 0 radical (unpaired) electrons. The van der Waals surface area contributed by atoms with E-state index >= 15 is 0 Å². The highest BCUT2D eigenvalue weighted by molar-refractivity contribution is 8.02. The van der Waals surface area contributed by atoms with Gasteiger partial charge in [0.15, 0.2) is 0 Å². The third-order valence-electron chi connectivity index (χ3n) is 1.67. The Hall–Kier alpha value is -0.160. The van der Waals surface area contributed by atoms with Gasteiger partial charge >= 0.3 is 0 Å². The fourth-order valence-electron chi connectivity index (χ4n) is 1.03. The summed E-state index contributed by atoms with van der Waals surface area (Å²) >= 11 is 0. The van der Waals surface area contributed by atoms with Crippen LogP contribution in [0.5, 0.6) is 5.75 Å². The van der Waals surface area contributed by atoms with E-state index in [9.17, 15) is 5.11 Å². The average Bonchev–Trinajstić information content (AvgIpc) is 2.09. The van der Waals surface area contributed by atoms with Gasteiger partial charge in [-0.05, 0) is 17.8 Å². The second-order valence-corrected chi connectivity index (χ2v) is 4.53. The smallest absolute Gasteiger partial charge is 0.120 e. The molecule has 0 aliphatic heterocycles. The van der Waals surface area contributed by atoms with Crippen molar-refractivity contribution in [1.29, 1.82) is 0 Å². The molecule has 0 amide bonds. The van der Waals surface area contributed by atoms with Crippen molar-refractivity contribution in [2.45, 2.75) is 12.7 Å². The minimum atomic E-state index is 0.299. The zero-order chi connectivity index (χ0) is 8.97. The molecule has 2 nitrogen and oxygen atoms in total. The summed E-state index contributed by atoms with van der Waals surface area (Å²) in [6, 6.07) is 5.61. The van der Waals surface area contributed by atoms with Crippen LogP contribution in [0.3, 0.4) is 0 Å². The topological polar surface area (TPSA) is 46.2 Å². The lowest BCUT2D eigenvalue weighted by Crippen LogP contribution is -1.97. The quantitative estimate of drug-likeness (QED) is 0.732. The van der Waals surface area contributed by atoms with Crippen LogP contribution in [0.25, 0.3) is 0 Å². The van der Waals surface area contributed by atoms with Crippen molar-refractivity contribution in [3.63, 3.8) is 0 Å². The summed E-state index contributed by atoms with van der Waals surface area (Å²) in [5.41, 5.74) is 7.52. The van der Waals surface area contributed by atoms with Crippen LogP contribution in [0.4, 0.5) is 0 Å². The standard InChI is InChI=1S/C8H13NOP2/c9-4-7-3-6(5-12-11)1-2-8(7)10/h1-3,10,12H,4-5,9,11H2. The molecule has 0 aliphatic carbocycles. The Balaban J connectivity index is 2.89. The third-order valence-corrected chi connectivity index (χ3v) is 2.89. The first-order valence-corrected chi connectivity index (χ1v) is 6.74. The van der Waals surface area contributed by atoms with Crippen LogP contribution in [0.15, 0.2) is 18.2 Å². The van der Waals surface area contributed by atoms with Gasteiger partial charge in [0.05, 0.1) is 0 Å². The second-order valence-electron chi connectivity index (χ2n) is 2.55. The molecular formula is C8H13NOP2. The van der Waals surface area contributed by atoms with Crippen molar-refractivity contribution in [1.82, 2.24) is 0 Å². The minimum absolute atomic E-state index is 0.299. The molecule has 4 heteroatoms. The van der Waals surface area contributed by atoms with Gasteiger partial charge in [0, 0.05) is 12.1 Å². The van der Waals surface area contributed by atoms with Gasteiger partial charge in [-0.1, -0.05) is 20.4 Å². The predicted molar refractivity (Wildman–Crippen MR) is 57.7 cm³/mol. The summed E-state index contributed by atoms with van der Waals surface area (Å²) in [7, 11) is 3.53. The molecule has 0 bridgehead atoms. The van der Waals surface area contributed by atoms with E-state index in [1.54, 1.807) is 6.07 Å². The number of hydrogen-bond acceptors (Lipinski definition) is 2. The van der Waals surface area contributed by atoms with Crippen LogP contribution in [0.2, 0.25) is 0 Å². The molecule has 0 aromatic heterocycles. The molecule has 0 fully saturated rings. The van der Waals surface area contributed by atoms with Crippen LogP contribution < -0.4 is 5.73 Å². The molecule has 0 saturated carbocycles. The van der Waals surface area contributed by atoms with Crippen LogP contribution in [-0.2, 0) is 12.7 Å². The molecule has 0 aliphatic rings. The summed E-state index contributed by atoms with van der Waals surface area (Å²) < 4.78 is 0. The number of phenols is 1. The van der Waals surface area contributed by atoms with Crippen LogP contribution >= 0.6 is 17.2 Å². The van der Waals surface area contributed by atoms with E-state index < -0.39 is 0 Å². The van der Waals surface area contributed by atoms with E-state index in [1.165, 1.54) is 5.56 Å². The molecule has 66 valence electrons. The van der Waals surface area contributed by atoms with Crippen LogP contribution in [0, 0.1) is 0 Å². The lowest BCUT2D eigenvalue weighted by molar-refractivity contribution is 0.468. The first-order chi connectivity index (χ1) is 5.77. The summed E-state index contributed by atoms with van der Waals surface area (Å²) in [5, 5.41) is 9.32. The van der Waals surface area contributed by atoms with Crippen LogP contribution in [-0.4, -0.2) is 5.11 Å². The van der Waals surface area contributed by atoms with Crippen molar-refractivity contribution in [2.24, 2.45) is 5.73 Å². The zero-order valence-corrected chi connectivity index (χ0v) is 8.90. The molecule has 3 N–H and O–H groups in total. The third kappa shape index (κ3) is 2.42. The molecule has 2 unspecified atom stereocenters. The number of aromatic hydroxyl groups is 1. The maximum absolute atomic E-state index is 9.32. The van der Waals surface area contributed by atoms with E-state index in [0.29, 0.717) is 12.3 Å². The van der Waals surface area contributed by atoms with Gasteiger partial charge in [-0.25, -0.2) is 0 Å². The maximum atomic E-state index is 9.32. The van der Waals surface area contributed by atoms with Gasteiger partial charge in [-0.2, -0.15) is 0 Å². The fourth-order valence-corrected chi connectivity index (χ4v) is 2.19. The SMILES string of the molecule is NCc1cc(CPP)ccc1O. The summed E-state index contributed by atoms with van der Waals surface area (Å²) in [6.45, 7) is 0.402. The molecule has 0 spiro atoms. The Bertz CT molecular complexity index is 265. The van der Waals surface area contributed by atoms with Gasteiger partial charge in [0.1, 0.15) is 5.75 Å². The highest BCUT2D eigenvalue weighted by Crippen LogP contribution is 2.28. The van der Waals surface area contributed by atoms with E-state index in [2.05, 4.69) is 8.93 Å². The minimum Gasteiger partial charge on any atom is -0.508 e. The lowest BCUT2D eigenvalue weighted by Gasteiger charge is -2.04. The molecule has 1 aromatic carbocycles. The number of phenolic OH excluding ortho intramolecular Hbond substituents is 1. The Morgan fingerprint density at radius 3 is 2.83 bits per heavy atom. The summed E-state index contributed by atoms with van der Waals surface area (Å²) in [5.74, 6) is 0.299. The second kappa shape index (κ2) is 4.77. The predicted octanol–water partition coefficient (Wildman–Crippen LogP) is 1.82. The maximum Gasteiger partial charge on any atom is 0.120 e. The largest absolute Gasteiger partial charge is 0.508 e. The highest BCUT2D eigenvalue weighted by atomic mass is 32.0. The first-order valence-electron chi connectivity index (χ1n) is 3.72. The highest BCUT2D eigenvalue weighted by Gasteiger charge is 1.99. The lowest BCUT2D eigenvalue weighted by atomic mass is 10.1. The Morgan fingerprint density at radius 2 is 2.25 bits per heavy atom. The van der Waals surface area contributed by atoms with Gasteiger partial charge in [0.2, 0.25) is 0 Å². The van der Waals surface area contributed by atoms with E-state index in [1.807, 2.05) is 12.1 Å². The first kappa shape index (κ1) is 9.92. The number of rotatable bonds is 3. The zero-order valence-electron chi connectivity index (χ0n) is 6.75. The molecular weight excluding hydrogens is 188 g/mol. The van der Waals surface area contributed by atoms with Crippen molar-refractivity contribution < 1.29 is 5.11 Å². The van der Waals surface area contributed by atoms with E-state index in [0.717, 1.165) is 20.0 Å². The number of benzene rings is 1.